The van der Waals surface area contributed by atoms with Crippen LogP contribution in [0.2, 0.25) is 0 Å². The molecule has 0 aliphatic rings. The summed E-state index contributed by atoms with van der Waals surface area (Å²) in [5, 5.41) is 9.03. The van der Waals surface area contributed by atoms with Gasteiger partial charge in [0.15, 0.2) is 0 Å². The predicted molar refractivity (Wildman–Crippen MR) is 45.0 cm³/mol. The first-order valence-corrected chi connectivity index (χ1v) is 3.80. The molecule has 0 aromatic heterocycles. The molecule has 3 heteroatoms. The molecular formula is C9H12FNO. The summed E-state index contributed by atoms with van der Waals surface area (Å²) >= 11 is 0. The Kier molecular flexibility index (Phi) is 2.78. The molecule has 2 unspecified atom stereocenters. The average molecular weight is 169 g/mol. The van der Waals surface area contributed by atoms with E-state index in [4.69, 9.17) is 10.8 Å². The summed E-state index contributed by atoms with van der Waals surface area (Å²) in [5.74, 6) is -0.442. The lowest BCUT2D eigenvalue weighted by molar-refractivity contribution is 0.156. The third kappa shape index (κ3) is 2.03. The van der Waals surface area contributed by atoms with Crippen LogP contribution in [0, 0.1) is 5.82 Å². The van der Waals surface area contributed by atoms with E-state index in [1.165, 1.54) is 12.1 Å². The lowest BCUT2D eigenvalue weighted by atomic mass is 10.0. The summed E-state index contributed by atoms with van der Waals surface area (Å²) in [6.45, 7) is 1.79. The van der Waals surface area contributed by atoms with Crippen LogP contribution in [0.1, 0.15) is 18.4 Å². The highest BCUT2D eigenvalue weighted by Gasteiger charge is 2.10. The maximum Gasteiger partial charge on any atom is 0.123 e. The fraction of sp³-hybridized carbons (Fsp3) is 0.333. The second-order valence-corrected chi connectivity index (χ2v) is 2.83. The van der Waals surface area contributed by atoms with E-state index in [1.807, 2.05) is 0 Å². The van der Waals surface area contributed by atoms with Crippen molar-refractivity contribution in [3.05, 3.63) is 35.6 Å². The van der Waals surface area contributed by atoms with Crippen molar-refractivity contribution in [1.82, 2.24) is 0 Å². The van der Waals surface area contributed by atoms with E-state index in [0.717, 1.165) is 5.56 Å². The van der Waals surface area contributed by atoms with Gasteiger partial charge in [0.2, 0.25) is 0 Å². The minimum absolute atomic E-state index is 0.161. The van der Waals surface area contributed by atoms with Gasteiger partial charge < -0.3 is 10.8 Å². The highest BCUT2D eigenvalue weighted by atomic mass is 19.1. The molecule has 0 heterocycles. The van der Waals surface area contributed by atoms with Gasteiger partial charge in [-0.1, -0.05) is 19.1 Å². The van der Waals surface area contributed by atoms with Crippen LogP contribution < -0.4 is 5.73 Å². The number of aliphatic hydroxyl groups is 1. The second-order valence-electron chi connectivity index (χ2n) is 2.83. The van der Waals surface area contributed by atoms with Gasteiger partial charge in [0, 0.05) is 5.92 Å². The Bertz CT molecular complexity index is 245. The highest BCUT2D eigenvalue weighted by molar-refractivity contribution is 5.20. The highest BCUT2D eigenvalue weighted by Crippen LogP contribution is 2.16. The zero-order chi connectivity index (χ0) is 9.14. The fourth-order valence-corrected chi connectivity index (χ4v) is 0.964. The van der Waals surface area contributed by atoms with Crippen molar-refractivity contribution in [2.45, 2.75) is 19.1 Å². The monoisotopic (exact) mass is 169 g/mol. The quantitative estimate of drug-likeness (QED) is 0.653. The molecule has 0 spiro atoms. The minimum Gasteiger partial charge on any atom is -0.378 e. The van der Waals surface area contributed by atoms with Crippen LogP contribution in [0.3, 0.4) is 0 Å². The van der Waals surface area contributed by atoms with E-state index in [2.05, 4.69) is 0 Å². The van der Waals surface area contributed by atoms with Crippen LogP contribution >= 0.6 is 0 Å². The smallest absolute Gasteiger partial charge is 0.123 e. The topological polar surface area (TPSA) is 46.2 Å². The van der Waals surface area contributed by atoms with E-state index in [1.54, 1.807) is 19.1 Å². The average Bonchev–Trinajstić information content (AvgIpc) is 2.04. The number of hydrogen-bond acceptors (Lipinski definition) is 2. The molecule has 0 bridgehead atoms. The molecule has 0 fully saturated rings. The van der Waals surface area contributed by atoms with Gasteiger partial charge in [-0.15, -0.1) is 0 Å². The van der Waals surface area contributed by atoms with Gasteiger partial charge in [0.25, 0.3) is 0 Å². The van der Waals surface area contributed by atoms with Crippen LogP contribution in [0.25, 0.3) is 0 Å². The molecule has 12 heavy (non-hydrogen) atoms. The molecule has 0 aliphatic carbocycles. The van der Waals surface area contributed by atoms with Crippen LogP contribution in [-0.4, -0.2) is 11.3 Å². The Labute approximate surface area is 70.8 Å². The second kappa shape index (κ2) is 3.65. The number of nitrogens with two attached hydrogens (primary N) is 1. The van der Waals surface area contributed by atoms with Crippen molar-refractivity contribution >= 4 is 0 Å². The SMILES string of the molecule is CC(c1ccc(F)cc1)C(N)O. The van der Waals surface area contributed by atoms with Crippen molar-refractivity contribution < 1.29 is 9.50 Å². The maximum absolute atomic E-state index is 12.5. The van der Waals surface area contributed by atoms with Crippen LogP contribution in [0.4, 0.5) is 4.39 Å². The lowest BCUT2D eigenvalue weighted by Gasteiger charge is -2.14. The number of benzene rings is 1. The molecule has 3 N–H and O–H groups in total. The van der Waals surface area contributed by atoms with Gasteiger partial charge >= 0.3 is 0 Å². The molecule has 66 valence electrons. The first-order chi connectivity index (χ1) is 5.61. The van der Waals surface area contributed by atoms with Crippen LogP contribution in [0.5, 0.6) is 0 Å². The largest absolute Gasteiger partial charge is 0.378 e. The van der Waals surface area contributed by atoms with Gasteiger partial charge in [0.1, 0.15) is 12.0 Å². The number of aliphatic hydroxyl groups excluding tert-OH is 1. The Balaban J connectivity index is 2.82. The van der Waals surface area contributed by atoms with Gasteiger partial charge in [-0.05, 0) is 17.7 Å². The van der Waals surface area contributed by atoms with Gasteiger partial charge in [-0.2, -0.15) is 0 Å². The molecule has 0 saturated carbocycles. The summed E-state index contributed by atoms with van der Waals surface area (Å²) in [7, 11) is 0. The number of rotatable bonds is 2. The first kappa shape index (κ1) is 9.16. The van der Waals surface area contributed by atoms with Crippen molar-refractivity contribution in [3.63, 3.8) is 0 Å². The number of halogens is 1. The summed E-state index contributed by atoms with van der Waals surface area (Å²) < 4.78 is 12.5. The van der Waals surface area contributed by atoms with Gasteiger partial charge in [0.05, 0.1) is 0 Å². The van der Waals surface area contributed by atoms with E-state index in [0.29, 0.717) is 0 Å². The van der Waals surface area contributed by atoms with E-state index in [-0.39, 0.29) is 11.7 Å². The Morgan fingerprint density at radius 1 is 1.33 bits per heavy atom. The standard InChI is InChI=1S/C9H12FNO/c1-6(9(11)12)7-2-4-8(10)5-3-7/h2-6,9,12H,11H2,1H3. The van der Waals surface area contributed by atoms with Crippen molar-refractivity contribution in [2.75, 3.05) is 0 Å². The predicted octanol–water partition coefficient (Wildman–Crippen LogP) is 1.21. The van der Waals surface area contributed by atoms with Gasteiger partial charge in [-0.25, -0.2) is 4.39 Å². The summed E-state index contributed by atoms with van der Waals surface area (Å²) in [4.78, 5) is 0. The van der Waals surface area contributed by atoms with Crippen molar-refractivity contribution in [2.24, 2.45) is 5.73 Å². The van der Waals surface area contributed by atoms with Gasteiger partial charge in [-0.3, -0.25) is 0 Å². The summed E-state index contributed by atoms with van der Waals surface area (Å²) in [6, 6.07) is 5.95. The normalized spacial score (nSPS) is 15.7. The van der Waals surface area contributed by atoms with E-state index >= 15 is 0 Å². The third-order valence-corrected chi connectivity index (χ3v) is 1.91. The molecular weight excluding hydrogens is 157 g/mol. The lowest BCUT2D eigenvalue weighted by Crippen LogP contribution is -2.25. The number of hydrogen-bond donors (Lipinski definition) is 2. The van der Waals surface area contributed by atoms with Crippen molar-refractivity contribution in [3.8, 4) is 0 Å². The zero-order valence-corrected chi connectivity index (χ0v) is 6.87. The van der Waals surface area contributed by atoms with E-state index in [9.17, 15) is 4.39 Å². The molecule has 0 radical (unpaired) electrons. The minimum atomic E-state index is -0.893. The maximum atomic E-state index is 12.5. The third-order valence-electron chi connectivity index (χ3n) is 1.91. The van der Waals surface area contributed by atoms with Crippen LogP contribution in [0.15, 0.2) is 24.3 Å². The molecule has 1 rings (SSSR count). The Morgan fingerprint density at radius 2 is 1.83 bits per heavy atom. The fourth-order valence-electron chi connectivity index (χ4n) is 0.964. The Morgan fingerprint density at radius 3 is 2.25 bits per heavy atom. The molecule has 0 saturated heterocycles. The molecule has 2 atom stereocenters. The van der Waals surface area contributed by atoms with Crippen molar-refractivity contribution in [1.29, 1.82) is 0 Å². The summed E-state index contributed by atoms with van der Waals surface area (Å²) in [6.07, 6.45) is -0.893. The molecule has 1 aromatic carbocycles. The van der Waals surface area contributed by atoms with E-state index < -0.39 is 6.23 Å². The summed E-state index contributed by atoms with van der Waals surface area (Å²) in [5.41, 5.74) is 6.11. The molecule has 2 nitrogen and oxygen atoms in total. The zero-order valence-electron chi connectivity index (χ0n) is 6.87. The molecule has 0 aliphatic heterocycles. The molecule has 1 aromatic rings. The first-order valence-electron chi connectivity index (χ1n) is 3.80. The Hall–Kier alpha value is -0.930. The molecule has 0 amide bonds. The van der Waals surface area contributed by atoms with Crippen LogP contribution in [-0.2, 0) is 0 Å².